The standard InChI is InChI=1S/C19H22N2O4S/c1-25-17-13-15(9-10-16(17)21-26(2,23)24)20-18(22)19(11-6-12-19)14-7-4-3-5-8-14/h3-5,7-10,13,21H,6,11-12H2,1-2H3,(H,20,22). The first-order chi connectivity index (χ1) is 12.3. The second-order valence-corrected chi connectivity index (χ2v) is 8.29. The number of carbonyl (C=O) groups excluding carboxylic acids is 1. The Hall–Kier alpha value is -2.54. The van der Waals surface area contributed by atoms with Crippen molar-refractivity contribution in [1.82, 2.24) is 0 Å². The van der Waals surface area contributed by atoms with Gasteiger partial charge in [0.15, 0.2) is 0 Å². The summed E-state index contributed by atoms with van der Waals surface area (Å²) in [6.45, 7) is 0. The van der Waals surface area contributed by atoms with Gasteiger partial charge in [0.2, 0.25) is 15.9 Å². The van der Waals surface area contributed by atoms with Crippen LogP contribution in [0.15, 0.2) is 48.5 Å². The molecule has 0 heterocycles. The van der Waals surface area contributed by atoms with Gasteiger partial charge in [0.25, 0.3) is 0 Å². The van der Waals surface area contributed by atoms with Gasteiger partial charge in [0.1, 0.15) is 5.75 Å². The molecule has 0 saturated heterocycles. The SMILES string of the molecule is COc1cc(NC(=O)C2(c3ccccc3)CCC2)ccc1NS(C)(=O)=O. The van der Waals surface area contributed by atoms with Gasteiger partial charge in [0, 0.05) is 11.8 Å². The number of carbonyl (C=O) groups is 1. The van der Waals surface area contributed by atoms with Gasteiger partial charge in [-0.05, 0) is 30.5 Å². The van der Waals surface area contributed by atoms with Crippen molar-refractivity contribution in [3.63, 3.8) is 0 Å². The molecular weight excluding hydrogens is 352 g/mol. The molecule has 1 aliphatic rings. The van der Waals surface area contributed by atoms with Crippen LogP contribution in [-0.2, 0) is 20.2 Å². The molecule has 0 radical (unpaired) electrons. The molecule has 7 heteroatoms. The molecular formula is C19H22N2O4S. The molecule has 2 aromatic rings. The number of sulfonamides is 1. The number of rotatable bonds is 6. The summed E-state index contributed by atoms with van der Waals surface area (Å²) < 4.78 is 30.5. The number of benzene rings is 2. The number of hydrogen-bond acceptors (Lipinski definition) is 4. The van der Waals surface area contributed by atoms with Gasteiger partial charge in [-0.15, -0.1) is 0 Å². The molecule has 2 aromatic carbocycles. The summed E-state index contributed by atoms with van der Waals surface area (Å²) in [6.07, 6.45) is 3.71. The fourth-order valence-corrected chi connectivity index (χ4v) is 3.81. The highest BCUT2D eigenvalue weighted by atomic mass is 32.2. The van der Waals surface area contributed by atoms with Crippen molar-refractivity contribution in [2.45, 2.75) is 24.7 Å². The second-order valence-electron chi connectivity index (χ2n) is 6.55. The van der Waals surface area contributed by atoms with Crippen LogP contribution >= 0.6 is 0 Å². The van der Waals surface area contributed by atoms with Gasteiger partial charge in [-0.1, -0.05) is 36.8 Å². The fourth-order valence-electron chi connectivity index (χ4n) is 3.24. The van der Waals surface area contributed by atoms with E-state index in [1.165, 1.54) is 7.11 Å². The number of methoxy groups -OCH3 is 1. The molecule has 0 atom stereocenters. The summed E-state index contributed by atoms with van der Waals surface area (Å²) in [7, 11) is -1.97. The molecule has 0 aliphatic heterocycles. The van der Waals surface area contributed by atoms with Crippen LogP contribution < -0.4 is 14.8 Å². The van der Waals surface area contributed by atoms with Gasteiger partial charge in [0.05, 0.1) is 24.5 Å². The average Bonchev–Trinajstić information content (AvgIpc) is 2.55. The van der Waals surface area contributed by atoms with Crippen LogP contribution in [0, 0.1) is 0 Å². The van der Waals surface area contributed by atoms with E-state index in [1.807, 2.05) is 30.3 Å². The Balaban J connectivity index is 1.83. The molecule has 1 fully saturated rings. The Bertz CT molecular complexity index is 906. The van der Waals surface area contributed by atoms with Crippen LogP contribution in [0.5, 0.6) is 5.75 Å². The van der Waals surface area contributed by atoms with Crippen LogP contribution in [0.4, 0.5) is 11.4 Å². The summed E-state index contributed by atoms with van der Waals surface area (Å²) in [4.78, 5) is 13.0. The van der Waals surface area contributed by atoms with Crippen molar-refractivity contribution in [3.05, 3.63) is 54.1 Å². The highest BCUT2D eigenvalue weighted by Gasteiger charge is 2.45. The van der Waals surface area contributed by atoms with Crippen LogP contribution in [0.3, 0.4) is 0 Å². The zero-order valence-electron chi connectivity index (χ0n) is 14.8. The quantitative estimate of drug-likeness (QED) is 0.814. The van der Waals surface area contributed by atoms with E-state index >= 15 is 0 Å². The Kier molecular flexibility index (Phi) is 4.91. The van der Waals surface area contributed by atoms with Crippen molar-refractivity contribution in [1.29, 1.82) is 0 Å². The van der Waals surface area contributed by atoms with Gasteiger partial charge in [-0.3, -0.25) is 9.52 Å². The van der Waals surface area contributed by atoms with Crippen LogP contribution in [-0.4, -0.2) is 27.7 Å². The minimum Gasteiger partial charge on any atom is -0.494 e. The number of nitrogens with one attached hydrogen (secondary N) is 2. The maximum atomic E-state index is 13.0. The van der Waals surface area contributed by atoms with E-state index in [0.29, 0.717) is 17.1 Å². The van der Waals surface area contributed by atoms with E-state index in [0.717, 1.165) is 31.1 Å². The number of amides is 1. The van der Waals surface area contributed by atoms with E-state index in [9.17, 15) is 13.2 Å². The predicted octanol–water partition coefficient (Wildman–Crippen LogP) is 3.13. The lowest BCUT2D eigenvalue weighted by Gasteiger charge is -2.40. The number of anilines is 2. The minimum atomic E-state index is -3.42. The lowest BCUT2D eigenvalue weighted by molar-refractivity contribution is -0.124. The summed E-state index contributed by atoms with van der Waals surface area (Å²) in [5.41, 5.74) is 1.41. The summed E-state index contributed by atoms with van der Waals surface area (Å²) >= 11 is 0. The lowest BCUT2D eigenvalue weighted by atomic mass is 9.64. The fraction of sp³-hybridized carbons (Fsp3) is 0.316. The third kappa shape index (κ3) is 3.67. The molecule has 1 amide bonds. The second kappa shape index (κ2) is 6.99. The number of hydrogen-bond donors (Lipinski definition) is 2. The van der Waals surface area contributed by atoms with E-state index in [1.54, 1.807) is 18.2 Å². The molecule has 3 rings (SSSR count). The van der Waals surface area contributed by atoms with E-state index < -0.39 is 15.4 Å². The first kappa shape index (κ1) is 18.3. The molecule has 6 nitrogen and oxygen atoms in total. The predicted molar refractivity (Wildman–Crippen MR) is 102 cm³/mol. The first-order valence-electron chi connectivity index (χ1n) is 8.37. The summed E-state index contributed by atoms with van der Waals surface area (Å²) in [6, 6.07) is 14.6. The molecule has 0 aromatic heterocycles. The molecule has 0 bridgehead atoms. The third-order valence-electron chi connectivity index (χ3n) is 4.72. The van der Waals surface area contributed by atoms with Crippen molar-refractivity contribution in [2.75, 3.05) is 23.4 Å². The normalized spacial score (nSPS) is 15.6. The zero-order valence-corrected chi connectivity index (χ0v) is 15.6. The van der Waals surface area contributed by atoms with Crippen molar-refractivity contribution in [2.24, 2.45) is 0 Å². The average molecular weight is 374 g/mol. The largest absolute Gasteiger partial charge is 0.494 e. The molecule has 0 spiro atoms. The maximum absolute atomic E-state index is 13.0. The molecule has 138 valence electrons. The van der Waals surface area contributed by atoms with Crippen LogP contribution in [0.2, 0.25) is 0 Å². The van der Waals surface area contributed by atoms with E-state index in [-0.39, 0.29) is 5.91 Å². The topological polar surface area (TPSA) is 84.5 Å². The Morgan fingerprint density at radius 3 is 2.35 bits per heavy atom. The van der Waals surface area contributed by atoms with Gasteiger partial charge >= 0.3 is 0 Å². The smallest absolute Gasteiger partial charge is 0.235 e. The maximum Gasteiger partial charge on any atom is 0.235 e. The van der Waals surface area contributed by atoms with Gasteiger partial charge in [-0.25, -0.2) is 8.42 Å². The van der Waals surface area contributed by atoms with Gasteiger partial charge in [-0.2, -0.15) is 0 Å². The van der Waals surface area contributed by atoms with Crippen molar-refractivity contribution in [3.8, 4) is 5.75 Å². The molecule has 26 heavy (non-hydrogen) atoms. The third-order valence-corrected chi connectivity index (χ3v) is 5.31. The molecule has 1 saturated carbocycles. The Labute approximate surface area is 153 Å². The minimum absolute atomic E-state index is 0.0548. The molecule has 0 unspecified atom stereocenters. The van der Waals surface area contributed by atoms with Crippen molar-refractivity contribution >= 4 is 27.3 Å². The summed E-state index contributed by atoms with van der Waals surface area (Å²) in [5, 5.41) is 2.95. The van der Waals surface area contributed by atoms with E-state index in [2.05, 4.69) is 10.0 Å². The van der Waals surface area contributed by atoms with Gasteiger partial charge < -0.3 is 10.1 Å². The monoisotopic (exact) mass is 374 g/mol. The van der Waals surface area contributed by atoms with Crippen molar-refractivity contribution < 1.29 is 17.9 Å². The zero-order chi connectivity index (χ0) is 18.8. The van der Waals surface area contributed by atoms with E-state index in [4.69, 9.17) is 4.74 Å². The highest BCUT2D eigenvalue weighted by molar-refractivity contribution is 7.92. The lowest BCUT2D eigenvalue weighted by Crippen LogP contribution is -2.45. The molecule has 1 aliphatic carbocycles. The highest BCUT2D eigenvalue weighted by Crippen LogP contribution is 2.44. The first-order valence-corrected chi connectivity index (χ1v) is 10.3. The van der Waals surface area contributed by atoms with Crippen LogP contribution in [0.25, 0.3) is 0 Å². The Morgan fingerprint density at radius 1 is 1.12 bits per heavy atom. The van der Waals surface area contributed by atoms with Crippen LogP contribution in [0.1, 0.15) is 24.8 Å². The number of ether oxygens (including phenoxy) is 1. The molecule has 2 N–H and O–H groups in total. The Morgan fingerprint density at radius 2 is 1.81 bits per heavy atom. The summed E-state index contributed by atoms with van der Waals surface area (Å²) in [5.74, 6) is 0.288.